The second-order valence-corrected chi connectivity index (χ2v) is 7.94. The molecule has 24 heavy (non-hydrogen) atoms. The number of benzene rings is 1. The van der Waals surface area contributed by atoms with Crippen molar-refractivity contribution in [3.8, 4) is 0 Å². The summed E-state index contributed by atoms with van der Waals surface area (Å²) in [4.78, 5) is 27.7. The number of Topliss-reactive ketones (excluding diaryl/α,β-unsaturated/α-hetero) is 1. The maximum absolute atomic E-state index is 12.3. The van der Waals surface area contributed by atoms with Crippen molar-refractivity contribution in [2.45, 2.75) is 47.0 Å². The van der Waals surface area contributed by atoms with Crippen molar-refractivity contribution in [1.82, 2.24) is 4.98 Å². The molecule has 2 aromatic rings. The number of aromatic amines is 1. The van der Waals surface area contributed by atoms with E-state index in [1.165, 1.54) is 17.7 Å². The summed E-state index contributed by atoms with van der Waals surface area (Å²) in [5.74, 6) is 0.148. The maximum Gasteiger partial charge on any atom is 0.338 e. The third kappa shape index (κ3) is 3.23. The van der Waals surface area contributed by atoms with Crippen molar-refractivity contribution in [2.24, 2.45) is 11.3 Å². The Morgan fingerprint density at radius 3 is 2.75 bits per heavy atom. The molecule has 1 aliphatic carbocycles. The Kier molecular flexibility index (Phi) is 4.24. The number of hydrogen-bond donors (Lipinski definition) is 1. The van der Waals surface area contributed by atoms with Gasteiger partial charge in [0, 0.05) is 22.0 Å². The van der Waals surface area contributed by atoms with E-state index >= 15 is 0 Å². The van der Waals surface area contributed by atoms with E-state index in [0.717, 1.165) is 23.7 Å². The molecule has 0 radical (unpaired) electrons. The van der Waals surface area contributed by atoms with E-state index in [1.54, 1.807) is 6.07 Å². The maximum atomic E-state index is 12.3. The first-order chi connectivity index (χ1) is 11.3. The van der Waals surface area contributed by atoms with Crippen LogP contribution in [0.2, 0.25) is 0 Å². The number of carbonyl (C=O) groups excluding carboxylic acids is 2. The number of fused-ring (bicyclic) bond motifs is 3. The SMILES string of the molecule is CC1CCc2[nH]c3ccc(C(=O)OCC(=O)C(C)(C)C)cc3c2C1. The average Bonchev–Trinajstić information content (AvgIpc) is 2.88. The molecule has 4 nitrogen and oxygen atoms in total. The zero-order valence-electron chi connectivity index (χ0n) is 14.9. The first kappa shape index (κ1) is 16.7. The van der Waals surface area contributed by atoms with Crippen LogP contribution < -0.4 is 0 Å². The van der Waals surface area contributed by atoms with Gasteiger partial charge in [-0.15, -0.1) is 0 Å². The zero-order valence-corrected chi connectivity index (χ0v) is 14.9. The highest BCUT2D eigenvalue weighted by Gasteiger charge is 2.24. The van der Waals surface area contributed by atoms with E-state index in [0.29, 0.717) is 11.5 Å². The Balaban J connectivity index is 1.81. The van der Waals surface area contributed by atoms with Crippen LogP contribution in [0.15, 0.2) is 18.2 Å². The van der Waals surface area contributed by atoms with Crippen LogP contribution in [0.1, 0.15) is 55.7 Å². The summed E-state index contributed by atoms with van der Waals surface area (Å²) in [6, 6.07) is 5.59. The number of nitrogens with one attached hydrogen (secondary N) is 1. The van der Waals surface area contributed by atoms with Crippen molar-refractivity contribution in [2.75, 3.05) is 6.61 Å². The van der Waals surface area contributed by atoms with Gasteiger partial charge in [-0.2, -0.15) is 0 Å². The minimum Gasteiger partial charge on any atom is -0.454 e. The summed E-state index contributed by atoms with van der Waals surface area (Å²) in [7, 11) is 0. The van der Waals surface area contributed by atoms with E-state index in [2.05, 4.69) is 11.9 Å². The average molecular weight is 327 g/mol. The molecule has 1 atom stereocenters. The standard InChI is InChI=1S/C20H25NO3/c1-12-5-7-16-14(9-12)15-10-13(6-8-17(15)21-16)19(23)24-11-18(22)20(2,3)4/h6,8,10,12,21H,5,7,9,11H2,1-4H3. The topological polar surface area (TPSA) is 59.2 Å². The third-order valence-corrected chi connectivity index (χ3v) is 4.84. The monoisotopic (exact) mass is 327 g/mol. The first-order valence-electron chi connectivity index (χ1n) is 8.59. The normalized spacial score (nSPS) is 17.6. The summed E-state index contributed by atoms with van der Waals surface area (Å²) in [6.07, 6.45) is 3.30. The van der Waals surface area contributed by atoms with Crippen molar-refractivity contribution in [1.29, 1.82) is 0 Å². The number of rotatable bonds is 3. The molecule has 0 saturated carbocycles. The van der Waals surface area contributed by atoms with E-state index in [-0.39, 0.29) is 12.4 Å². The second-order valence-electron chi connectivity index (χ2n) is 7.94. The Hall–Kier alpha value is -2.10. The second kappa shape index (κ2) is 6.08. The molecule has 1 aromatic carbocycles. The lowest BCUT2D eigenvalue weighted by atomic mass is 9.87. The van der Waals surface area contributed by atoms with Crippen LogP contribution in [-0.4, -0.2) is 23.3 Å². The number of ketones is 1. The van der Waals surface area contributed by atoms with Gasteiger partial charge in [0.25, 0.3) is 0 Å². The van der Waals surface area contributed by atoms with Crippen LogP contribution in [0.5, 0.6) is 0 Å². The van der Waals surface area contributed by atoms with Gasteiger partial charge in [-0.1, -0.05) is 27.7 Å². The van der Waals surface area contributed by atoms with Crippen LogP contribution in [0.3, 0.4) is 0 Å². The fourth-order valence-corrected chi connectivity index (χ4v) is 3.15. The van der Waals surface area contributed by atoms with Gasteiger partial charge in [0.05, 0.1) is 5.56 Å². The predicted molar refractivity (Wildman–Crippen MR) is 94.2 cm³/mol. The molecular formula is C20H25NO3. The van der Waals surface area contributed by atoms with Crippen molar-refractivity contribution >= 4 is 22.7 Å². The van der Waals surface area contributed by atoms with Gasteiger partial charge >= 0.3 is 5.97 Å². The summed E-state index contributed by atoms with van der Waals surface area (Å²) in [6.45, 7) is 7.55. The van der Waals surface area contributed by atoms with E-state index < -0.39 is 11.4 Å². The minimum atomic E-state index is -0.500. The summed E-state index contributed by atoms with van der Waals surface area (Å²) in [5, 5.41) is 1.10. The van der Waals surface area contributed by atoms with Gasteiger partial charge in [0.2, 0.25) is 0 Å². The number of H-pyrrole nitrogens is 1. The fourth-order valence-electron chi connectivity index (χ4n) is 3.15. The summed E-state index contributed by atoms with van der Waals surface area (Å²) >= 11 is 0. The molecule has 1 aromatic heterocycles. The molecule has 3 rings (SSSR count). The van der Waals surface area contributed by atoms with Gasteiger partial charge in [0.1, 0.15) is 0 Å². The smallest absolute Gasteiger partial charge is 0.338 e. The van der Waals surface area contributed by atoms with Gasteiger partial charge in [-0.25, -0.2) is 4.79 Å². The Labute approximate surface area is 142 Å². The molecule has 0 bridgehead atoms. The summed E-state index contributed by atoms with van der Waals surface area (Å²) in [5.41, 5.74) is 3.68. The predicted octanol–water partition coefficient (Wildman–Crippen LogP) is 4.06. The lowest BCUT2D eigenvalue weighted by molar-refractivity contribution is -0.129. The molecule has 0 saturated heterocycles. The van der Waals surface area contributed by atoms with Crippen molar-refractivity contribution < 1.29 is 14.3 Å². The molecule has 128 valence electrons. The molecule has 0 aliphatic heterocycles. The Morgan fingerprint density at radius 1 is 1.29 bits per heavy atom. The van der Waals surface area contributed by atoms with Gasteiger partial charge in [-0.3, -0.25) is 4.79 Å². The van der Waals surface area contributed by atoms with Crippen molar-refractivity contribution in [3.63, 3.8) is 0 Å². The quantitative estimate of drug-likeness (QED) is 0.865. The van der Waals surface area contributed by atoms with Crippen LogP contribution >= 0.6 is 0 Å². The van der Waals surface area contributed by atoms with Crippen molar-refractivity contribution in [3.05, 3.63) is 35.0 Å². The molecular weight excluding hydrogens is 302 g/mol. The summed E-state index contributed by atoms with van der Waals surface area (Å²) < 4.78 is 5.21. The molecule has 4 heteroatoms. The number of esters is 1. The van der Waals surface area contributed by atoms with Gasteiger partial charge in [0.15, 0.2) is 12.4 Å². The molecule has 1 N–H and O–H groups in total. The van der Waals surface area contributed by atoms with E-state index in [1.807, 2.05) is 32.9 Å². The number of aromatic nitrogens is 1. The lowest BCUT2D eigenvalue weighted by Crippen LogP contribution is -2.26. The van der Waals surface area contributed by atoms with E-state index in [9.17, 15) is 9.59 Å². The largest absolute Gasteiger partial charge is 0.454 e. The molecule has 1 unspecified atom stereocenters. The van der Waals surface area contributed by atoms with Crippen LogP contribution in [0.25, 0.3) is 10.9 Å². The fraction of sp³-hybridized carbons (Fsp3) is 0.500. The minimum absolute atomic E-state index is 0.0789. The number of hydrogen-bond acceptors (Lipinski definition) is 3. The Bertz CT molecular complexity index is 795. The van der Waals surface area contributed by atoms with Gasteiger partial charge < -0.3 is 9.72 Å². The van der Waals surface area contributed by atoms with E-state index in [4.69, 9.17) is 4.74 Å². The Morgan fingerprint density at radius 2 is 2.04 bits per heavy atom. The third-order valence-electron chi connectivity index (χ3n) is 4.84. The molecule has 0 spiro atoms. The lowest BCUT2D eigenvalue weighted by Gasteiger charge is -2.18. The zero-order chi connectivity index (χ0) is 17.5. The van der Waals surface area contributed by atoms with Gasteiger partial charge in [-0.05, 0) is 48.9 Å². The molecule has 0 amide bonds. The number of aryl methyl sites for hydroxylation is 1. The highest BCUT2D eigenvalue weighted by atomic mass is 16.5. The van der Waals surface area contributed by atoms with Crippen LogP contribution in [0, 0.1) is 11.3 Å². The highest BCUT2D eigenvalue weighted by Crippen LogP contribution is 2.32. The van der Waals surface area contributed by atoms with Crippen LogP contribution in [0.4, 0.5) is 0 Å². The number of carbonyl (C=O) groups is 2. The highest BCUT2D eigenvalue weighted by molar-refractivity contribution is 5.97. The first-order valence-corrected chi connectivity index (χ1v) is 8.59. The molecule has 0 fully saturated rings. The molecule has 1 aliphatic rings. The number of ether oxygens (including phenoxy) is 1. The molecule has 1 heterocycles. The van der Waals surface area contributed by atoms with Crippen LogP contribution in [-0.2, 0) is 22.4 Å².